The van der Waals surface area contributed by atoms with E-state index in [1.54, 1.807) is 5.57 Å². The average molecular weight is 344 g/mol. The van der Waals surface area contributed by atoms with Crippen molar-refractivity contribution >= 4 is 6.08 Å². The average Bonchev–Trinajstić information content (AvgIpc) is 3.42. The van der Waals surface area contributed by atoms with Gasteiger partial charge in [-0.2, -0.15) is 0 Å². The van der Waals surface area contributed by atoms with E-state index in [0.29, 0.717) is 18.0 Å². The number of hydrogen-bond donors (Lipinski definition) is 3. The molecule has 1 aliphatic carbocycles. The fourth-order valence-electron chi connectivity index (χ4n) is 4.05. The molecule has 1 aliphatic heterocycles. The van der Waals surface area contributed by atoms with Crippen LogP contribution in [0.5, 0.6) is 0 Å². The van der Waals surface area contributed by atoms with Gasteiger partial charge in [0, 0.05) is 25.2 Å². The summed E-state index contributed by atoms with van der Waals surface area (Å²) in [5.74, 6) is 0.686. The highest BCUT2D eigenvalue weighted by Gasteiger charge is 2.40. The Hall–Kier alpha value is -1.20. The fraction of sp³-hybridized carbons (Fsp3) is 0.619. The van der Waals surface area contributed by atoms with Gasteiger partial charge in [-0.15, -0.1) is 0 Å². The van der Waals surface area contributed by atoms with E-state index in [1.165, 1.54) is 12.0 Å². The summed E-state index contributed by atoms with van der Waals surface area (Å²) < 4.78 is 0. The van der Waals surface area contributed by atoms with E-state index in [4.69, 9.17) is 0 Å². The van der Waals surface area contributed by atoms with Gasteiger partial charge in [0.1, 0.15) is 0 Å². The summed E-state index contributed by atoms with van der Waals surface area (Å²) in [4.78, 5) is 2.22. The molecule has 1 saturated carbocycles. The van der Waals surface area contributed by atoms with E-state index in [0.717, 1.165) is 32.4 Å². The van der Waals surface area contributed by atoms with Crippen LogP contribution in [0.1, 0.15) is 38.2 Å². The van der Waals surface area contributed by atoms with E-state index in [1.807, 2.05) is 0 Å². The van der Waals surface area contributed by atoms with Crippen LogP contribution in [0.4, 0.5) is 0 Å². The van der Waals surface area contributed by atoms with Crippen molar-refractivity contribution in [3.05, 3.63) is 41.5 Å². The zero-order valence-corrected chi connectivity index (χ0v) is 15.3. The van der Waals surface area contributed by atoms with Crippen molar-refractivity contribution in [2.75, 3.05) is 26.3 Å². The highest BCUT2D eigenvalue weighted by molar-refractivity contribution is 5.54. The van der Waals surface area contributed by atoms with Crippen molar-refractivity contribution < 1.29 is 10.2 Å². The van der Waals surface area contributed by atoms with Crippen LogP contribution in [0, 0.1) is 5.92 Å². The van der Waals surface area contributed by atoms with Crippen LogP contribution < -0.4 is 5.32 Å². The molecule has 1 unspecified atom stereocenters. The Bertz CT molecular complexity index is 548. The van der Waals surface area contributed by atoms with Crippen LogP contribution in [0.2, 0.25) is 0 Å². The maximum Gasteiger partial charge on any atom is 0.0609 e. The molecule has 3 rings (SSSR count). The molecule has 2 fully saturated rings. The molecule has 0 aromatic heterocycles. The number of nitrogens with one attached hydrogen (secondary N) is 1. The van der Waals surface area contributed by atoms with Crippen molar-refractivity contribution in [1.29, 1.82) is 0 Å². The minimum Gasteiger partial charge on any atom is -0.395 e. The zero-order chi connectivity index (χ0) is 17.6. The molecule has 0 spiro atoms. The first kappa shape index (κ1) is 18.6. The minimum absolute atomic E-state index is 0.0451. The van der Waals surface area contributed by atoms with Crippen LogP contribution in [0.15, 0.2) is 35.9 Å². The Balaban J connectivity index is 1.47. The summed E-state index contributed by atoms with van der Waals surface area (Å²) in [7, 11) is 0. The predicted octanol–water partition coefficient (Wildman–Crippen LogP) is 2.28. The standard InChI is InChI=1S/C21H32N2O2/c1-2-17(12-16-6-4-3-5-7-16)20-13-21(20)22-18-8-10-23(11-9-18)19(14-24)15-25/h3-7,12,18-22,24-25H,2,8-11,13-15H2,1H3/b17-12+/t20-,21?/m0/s1. The van der Waals surface area contributed by atoms with Crippen LogP contribution in [-0.4, -0.2) is 59.5 Å². The number of likely N-dealkylation sites (tertiary alicyclic amines) is 1. The topological polar surface area (TPSA) is 55.7 Å². The number of hydrogen-bond acceptors (Lipinski definition) is 4. The van der Waals surface area contributed by atoms with Gasteiger partial charge >= 0.3 is 0 Å². The molecular formula is C21H32N2O2. The van der Waals surface area contributed by atoms with Crippen LogP contribution in [0.25, 0.3) is 6.08 Å². The second-order valence-electron chi connectivity index (χ2n) is 7.43. The lowest BCUT2D eigenvalue weighted by Gasteiger charge is -2.36. The normalized spacial score (nSPS) is 25.5. The van der Waals surface area contributed by atoms with E-state index in [9.17, 15) is 10.2 Å². The van der Waals surface area contributed by atoms with Gasteiger partial charge in [0.25, 0.3) is 0 Å². The van der Waals surface area contributed by atoms with Gasteiger partial charge in [-0.25, -0.2) is 0 Å². The Kier molecular flexibility index (Phi) is 6.65. The summed E-state index contributed by atoms with van der Waals surface area (Å²) in [5.41, 5.74) is 2.86. The highest BCUT2D eigenvalue weighted by Crippen LogP contribution is 2.40. The maximum absolute atomic E-state index is 9.32. The Morgan fingerprint density at radius 1 is 1.20 bits per heavy atom. The number of aliphatic hydroxyl groups excluding tert-OH is 2. The predicted molar refractivity (Wildman–Crippen MR) is 102 cm³/mol. The molecule has 1 saturated heterocycles. The number of aliphatic hydroxyl groups is 2. The quantitative estimate of drug-likeness (QED) is 0.677. The van der Waals surface area contributed by atoms with Crippen LogP contribution in [-0.2, 0) is 0 Å². The van der Waals surface area contributed by atoms with Gasteiger partial charge in [-0.1, -0.05) is 48.9 Å². The van der Waals surface area contributed by atoms with Gasteiger partial charge in [0.15, 0.2) is 0 Å². The van der Waals surface area contributed by atoms with Crippen molar-refractivity contribution in [2.45, 2.75) is 50.7 Å². The molecule has 0 bridgehead atoms. The highest BCUT2D eigenvalue weighted by atomic mass is 16.3. The molecule has 0 amide bonds. The SMILES string of the molecule is CC/C(=C\c1ccccc1)[C@@H]1CC1NC1CCN(C(CO)CO)CC1. The number of rotatable bonds is 8. The molecule has 25 heavy (non-hydrogen) atoms. The number of benzene rings is 1. The van der Waals surface area contributed by atoms with Gasteiger partial charge in [-0.3, -0.25) is 4.90 Å². The lowest BCUT2D eigenvalue weighted by atomic mass is 10.0. The Morgan fingerprint density at radius 3 is 2.48 bits per heavy atom. The van der Waals surface area contributed by atoms with E-state index in [-0.39, 0.29) is 19.3 Å². The molecule has 0 radical (unpaired) electrons. The lowest BCUT2D eigenvalue weighted by Crippen LogP contribution is -2.49. The van der Waals surface area contributed by atoms with E-state index in [2.05, 4.69) is 53.5 Å². The molecule has 1 heterocycles. The maximum atomic E-state index is 9.32. The second-order valence-corrected chi connectivity index (χ2v) is 7.43. The van der Waals surface area contributed by atoms with Crippen LogP contribution >= 0.6 is 0 Å². The summed E-state index contributed by atoms with van der Waals surface area (Å²) in [6.45, 7) is 4.27. The summed E-state index contributed by atoms with van der Waals surface area (Å²) in [6.07, 6.45) is 6.93. The van der Waals surface area contributed by atoms with Crippen molar-refractivity contribution in [1.82, 2.24) is 10.2 Å². The summed E-state index contributed by atoms with van der Waals surface area (Å²) >= 11 is 0. The van der Waals surface area contributed by atoms with Gasteiger partial charge in [0.2, 0.25) is 0 Å². The molecule has 4 heteroatoms. The van der Waals surface area contributed by atoms with Crippen molar-refractivity contribution in [2.24, 2.45) is 5.92 Å². The Labute approximate surface area is 151 Å². The minimum atomic E-state index is -0.0878. The molecule has 138 valence electrons. The summed E-state index contributed by atoms with van der Waals surface area (Å²) in [6, 6.07) is 11.7. The van der Waals surface area contributed by atoms with Crippen LogP contribution in [0.3, 0.4) is 0 Å². The molecule has 2 atom stereocenters. The van der Waals surface area contributed by atoms with Crippen molar-refractivity contribution in [3.63, 3.8) is 0 Å². The van der Waals surface area contributed by atoms with Gasteiger partial charge < -0.3 is 15.5 Å². The van der Waals surface area contributed by atoms with E-state index < -0.39 is 0 Å². The molecule has 4 nitrogen and oxygen atoms in total. The smallest absolute Gasteiger partial charge is 0.0609 e. The van der Waals surface area contributed by atoms with Gasteiger partial charge in [-0.05, 0) is 37.2 Å². The third-order valence-electron chi connectivity index (χ3n) is 5.74. The summed E-state index contributed by atoms with van der Waals surface area (Å²) in [5, 5.41) is 22.5. The first-order valence-corrected chi connectivity index (χ1v) is 9.72. The molecular weight excluding hydrogens is 312 g/mol. The van der Waals surface area contributed by atoms with E-state index >= 15 is 0 Å². The fourth-order valence-corrected chi connectivity index (χ4v) is 4.05. The molecule has 1 aromatic rings. The molecule has 2 aliphatic rings. The third kappa shape index (κ3) is 4.91. The number of nitrogens with zero attached hydrogens (tertiary/aromatic N) is 1. The number of piperidine rings is 1. The molecule has 1 aromatic carbocycles. The van der Waals surface area contributed by atoms with Crippen molar-refractivity contribution in [3.8, 4) is 0 Å². The largest absolute Gasteiger partial charge is 0.395 e. The second kappa shape index (κ2) is 8.95. The Morgan fingerprint density at radius 2 is 1.88 bits per heavy atom. The zero-order valence-electron chi connectivity index (χ0n) is 15.3. The van der Waals surface area contributed by atoms with Gasteiger partial charge in [0.05, 0.1) is 19.3 Å². The monoisotopic (exact) mass is 344 g/mol. The third-order valence-corrected chi connectivity index (χ3v) is 5.74. The first-order chi connectivity index (χ1) is 12.2. The lowest BCUT2D eigenvalue weighted by molar-refractivity contribution is 0.0540. The first-order valence-electron chi connectivity index (χ1n) is 9.72. The molecule has 3 N–H and O–H groups in total.